The van der Waals surface area contributed by atoms with E-state index in [1.54, 1.807) is 11.9 Å². The highest BCUT2D eigenvalue weighted by Gasteiger charge is 2.54. The van der Waals surface area contributed by atoms with E-state index < -0.39 is 12.2 Å². The number of fused-ring (bicyclic) bond motifs is 3. The Bertz CT molecular complexity index is 877. The molecule has 3 aliphatic heterocycles. The van der Waals surface area contributed by atoms with E-state index in [1.165, 1.54) is 16.0 Å². The number of benzene rings is 1. The van der Waals surface area contributed by atoms with Gasteiger partial charge in [-0.2, -0.15) is 0 Å². The summed E-state index contributed by atoms with van der Waals surface area (Å²) in [5.41, 5.74) is 4.26. The molecule has 1 aromatic rings. The van der Waals surface area contributed by atoms with Crippen molar-refractivity contribution in [2.45, 2.75) is 33.0 Å². The van der Waals surface area contributed by atoms with Crippen molar-refractivity contribution < 1.29 is 9.59 Å². The Balaban J connectivity index is 1.68. The minimum absolute atomic E-state index is 0.188. The number of imide groups is 1. The lowest BCUT2D eigenvalue weighted by Crippen LogP contribution is -2.65. The number of hydrogen-bond acceptors (Lipinski definition) is 5. The number of carbonyl (C=O) groups excluding carboxylic acids is 2. The second kappa shape index (κ2) is 6.11. The summed E-state index contributed by atoms with van der Waals surface area (Å²) in [6.45, 7) is 11.6. The number of guanidine groups is 1. The minimum atomic E-state index is -0.477. The van der Waals surface area contributed by atoms with Gasteiger partial charge >= 0.3 is 6.03 Å². The largest absolute Gasteiger partial charge is 0.328 e. The summed E-state index contributed by atoms with van der Waals surface area (Å²) in [4.78, 5) is 37.6. The summed E-state index contributed by atoms with van der Waals surface area (Å²) < 4.78 is 0. The number of anilines is 1. The Morgan fingerprint density at radius 3 is 2.67 bits per heavy atom. The van der Waals surface area contributed by atoms with Crippen LogP contribution in [0.1, 0.15) is 18.1 Å². The number of urea groups is 1. The molecule has 0 aliphatic carbocycles. The van der Waals surface area contributed by atoms with Crippen molar-refractivity contribution in [2.24, 2.45) is 4.99 Å². The van der Waals surface area contributed by atoms with Gasteiger partial charge < -0.3 is 14.7 Å². The Kier molecular flexibility index (Phi) is 3.98. The van der Waals surface area contributed by atoms with Crippen molar-refractivity contribution in [3.05, 3.63) is 41.5 Å². The Hall–Kier alpha value is -2.83. The van der Waals surface area contributed by atoms with Crippen LogP contribution in [0.3, 0.4) is 0 Å². The van der Waals surface area contributed by atoms with E-state index in [-0.39, 0.29) is 18.5 Å². The first-order valence-corrected chi connectivity index (χ1v) is 9.21. The summed E-state index contributed by atoms with van der Waals surface area (Å²) in [6.07, 6.45) is -0.477. The molecule has 27 heavy (non-hydrogen) atoms. The van der Waals surface area contributed by atoms with Gasteiger partial charge in [0.2, 0.25) is 5.96 Å². The second-order valence-electron chi connectivity index (χ2n) is 7.70. The highest BCUT2D eigenvalue weighted by Crippen LogP contribution is 2.34. The fourth-order valence-corrected chi connectivity index (χ4v) is 4.19. The number of nitrogens with zero attached hydrogens (tertiary/aromatic N) is 5. The van der Waals surface area contributed by atoms with Gasteiger partial charge in [0, 0.05) is 25.8 Å². The fourth-order valence-electron chi connectivity index (χ4n) is 4.19. The zero-order chi connectivity index (χ0) is 19.5. The van der Waals surface area contributed by atoms with E-state index in [2.05, 4.69) is 43.5 Å². The topological polar surface area (TPSA) is 59.5 Å². The van der Waals surface area contributed by atoms with Crippen LogP contribution in [0.15, 0.2) is 35.3 Å². The molecule has 3 aliphatic rings. The molecule has 2 saturated heterocycles. The van der Waals surface area contributed by atoms with Gasteiger partial charge in [-0.1, -0.05) is 29.8 Å². The van der Waals surface area contributed by atoms with Gasteiger partial charge in [0.15, 0.2) is 12.2 Å². The Morgan fingerprint density at radius 2 is 2.00 bits per heavy atom. The molecular weight excluding hydrogens is 342 g/mol. The first kappa shape index (κ1) is 17.6. The van der Waals surface area contributed by atoms with Gasteiger partial charge in [0.05, 0.1) is 6.54 Å². The minimum Gasteiger partial charge on any atom is -0.325 e. The number of hydrogen-bond donors (Lipinski definition) is 0. The first-order valence-electron chi connectivity index (χ1n) is 9.21. The van der Waals surface area contributed by atoms with Gasteiger partial charge in [-0.05, 0) is 32.4 Å². The molecule has 2 unspecified atom stereocenters. The number of aliphatic imine (C=N–C) groups is 1. The number of aryl methyl sites for hydroxylation is 2. The Morgan fingerprint density at radius 1 is 1.26 bits per heavy atom. The monoisotopic (exact) mass is 367 g/mol. The van der Waals surface area contributed by atoms with Crippen molar-refractivity contribution in [1.82, 2.24) is 14.7 Å². The number of likely N-dealkylation sites (N-methyl/N-ethyl adjacent to an activating group) is 1. The van der Waals surface area contributed by atoms with E-state index in [9.17, 15) is 9.59 Å². The van der Waals surface area contributed by atoms with E-state index >= 15 is 0 Å². The van der Waals surface area contributed by atoms with Crippen molar-refractivity contribution in [3.63, 3.8) is 0 Å². The highest BCUT2D eigenvalue weighted by molar-refractivity contribution is 6.08. The average molecular weight is 367 g/mol. The standard InChI is InChI=1S/C20H25N5O2/c1-12(2)11-25-18(26)16-17(22(5)20(25)27)21-19-23(8-9-24(16)19)15-7-6-13(3)10-14(15)4/h6-7,10,16-17H,1,8-9,11H2,2-5H3. The molecule has 7 nitrogen and oxygen atoms in total. The molecule has 0 aromatic heterocycles. The summed E-state index contributed by atoms with van der Waals surface area (Å²) in [5.74, 6) is 0.592. The van der Waals surface area contributed by atoms with Crippen LogP contribution in [0, 0.1) is 13.8 Å². The third-order valence-corrected chi connectivity index (χ3v) is 5.45. The molecule has 0 spiro atoms. The zero-order valence-electron chi connectivity index (χ0n) is 16.3. The smallest absolute Gasteiger partial charge is 0.325 e. The molecule has 2 atom stereocenters. The van der Waals surface area contributed by atoms with Crippen LogP contribution in [0.2, 0.25) is 0 Å². The Labute approximate surface area is 159 Å². The average Bonchev–Trinajstić information content (AvgIpc) is 3.16. The third kappa shape index (κ3) is 2.60. The summed E-state index contributed by atoms with van der Waals surface area (Å²) in [6, 6.07) is 5.56. The van der Waals surface area contributed by atoms with Crippen molar-refractivity contribution in [2.75, 3.05) is 31.6 Å². The second-order valence-corrected chi connectivity index (χ2v) is 7.70. The van der Waals surface area contributed by atoms with Gasteiger partial charge in [0.1, 0.15) is 0 Å². The van der Waals surface area contributed by atoms with Crippen LogP contribution >= 0.6 is 0 Å². The number of carbonyl (C=O) groups is 2. The maximum absolute atomic E-state index is 13.1. The molecule has 142 valence electrons. The molecule has 3 amide bonds. The summed E-state index contributed by atoms with van der Waals surface area (Å²) >= 11 is 0. The molecule has 3 heterocycles. The highest BCUT2D eigenvalue weighted by atomic mass is 16.2. The predicted octanol–water partition coefficient (Wildman–Crippen LogP) is 1.96. The molecular formula is C20H25N5O2. The van der Waals surface area contributed by atoms with Gasteiger partial charge in [-0.25, -0.2) is 9.79 Å². The maximum Gasteiger partial charge on any atom is 0.328 e. The lowest BCUT2D eigenvalue weighted by Gasteiger charge is -2.40. The lowest BCUT2D eigenvalue weighted by molar-refractivity contribution is -0.136. The van der Waals surface area contributed by atoms with E-state index in [0.717, 1.165) is 23.8 Å². The summed E-state index contributed by atoms with van der Waals surface area (Å²) in [5, 5.41) is 0. The van der Waals surface area contributed by atoms with Crippen LogP contribution in [0.4, 0.5) is 10.5 Å². The lowest BCUT2D eigenvalue weighted by atomic mass is 10.1. The van der Waals surface area contributed by atoms with Crippen LogP contribution < -0.4 is 4.90 Å². The fraction of sp³-hybridized carbons (Fsp3) is 0.450. The molecule has 0 N–H and O–H groups in total. The molecule has 1 aromatic carbocycles. The van der Waals surface area contributed by atoms with Crippen LogP contribution in [-0.2, 0) is 4.79 Å². The maximum atomic E-state index is 13.1. The van der Waals surface area contributed by atoms with Crippen LogP contribution in [-0.4, -0.2) is 71.5 Å². The van der Waals surface area contributed by atoms with Crippen molar-refractivity contribution >= 4 is 23.6 Å². The SMILES string of the molecule is C=C(C)CN1C(=O)C2C(N=C3N(c4ccc(C)cc4C)CCN32)N(C)C1=O. The summed E-state index contributed by atoms with van der Waals surface area (Å²) in [7, 11) is 1.71. The predicted molar refractivity (Wildman–Crippen MR) is 105 cm³/mol. The molecule has 4 rings (SSSR count). The first-order chi connectivity index (χ1) is 12.8. The molecule has 0 radical (unpaired) electrons. The van der Waals surface area contributed by atoms with E-state index in [0.29, 0.717) is 6.54 Å². The quantitative estimate of drug-likeness (QED) is 0.767. The van der Waals surface area contributed by atoms with E-state index in [1.807, 2.05) is 11.8 Å². The van der Waals surface area contributed by atoms with Crippen molar-refractivity contribution in [3.8, 4) is 0 Å². The van der Waals surface area contributed by atoms with Gasteiger partial charge in [-0.15, -0.1) is 0 Å². The zero-order valence-corrected chi connectivity index (χ0v) is 16.3. The van der Waals surface area contributed by atoms with Crippen LogP contribution in [0.5, 0.6) is 0 Å². The third-order valence-electron chi connectivity index (χ3n) is 5.45. The molecule has 0 bridgehead atoms. The molecule has 0 saturated carbocycles. The van der Waals surface area contributed by atoms with Gasteiger partial charge in [0.25, 0.3) is 5.91 Å². The number of amides is 3. The normalized spacial score (nSPS) is 24.4. The molecule has 2 fully saturated rings. The van der Waals surface area contributed by atoms with E-state index in [4.69, 9.17) is 4.99 Å². The molecule has 7 heteroatoms. The van der Waals surface area contributed by atoms with Crippen molar-refractivity contribution in [1.29, 1.82) is 0 Å². The van der Waals surface area contributed by atoms with Crippen LogP contribution in [0.25, 0.3) is 0 Å². The number of rotatable bonds is 3. The van der Waals surface area contributed by atoms with Gasteiger partial charge in [-0.3, -0.25) is 9.69 Å².